The fraction of sp³-hybridized carbons (Fsp3) is 0.250. The van der Waals surface area contributed by atoms with Crippen molar-refractivity contribution in [1.82, 2.24) is 4.57 Å². The topological polar surface area (TPSA) is 79.2 Å². The van der Waals surface area contributed by atoms with Gasteiger partial charge in [0.05, 0.1) is 11.6 Å². The van der Waals surface area contributed by atoms with Crippen LogP contribution in [0.1, 0.15) is 6.42 Å². The summed E-state index contributed by atoms with van der Waals surface area (Å²) >= 11 is 0. The average Bonchev–Trinajstić information content (AvgIpc) is 2.64. The first-order chi connectivity index (χ1) is 8.54. The van der Waals surface area contributed by atoms with Gasteiger partial charge in [0, 0.05) is 19.8 Å². The minimum absolute atomic E-state index is 0.182. The van der Waals surface area contributed by atoms with Crippen molar-refractivity contribution in [2.24, 2.45) is 7.05 Å². The molecule has 0 fully saturated rings. The van der Waals surface area contributed by atoms with Crippen LogP contribution in [0.3, 0.4) is 0 Å². The molecule has 0 unspecified atom stereocenters. The van der Waals surface area contributed by atoms with Gasteiger partial charge in [-0.15, -0.1) is 0 Å². The zero-order valence-electron chi connectivity index (χ0n) is 10.0. The SMILES string of the molecule is CN(C(=O)CC#N)c1ccc2oc(=O)n(C)c2c1. The molecule has 0 radical (unpaired) electrons. The maximum atomic E-state index is 11.6. The van der Waals surface area contributed by atoms with Gasteiger partial charge in [-0.05, 0) is 18.2 Å². The number of amides is 1. The molecule has 18 heavy (non-hydrogen) atoms. The molecule has 6 nitrogen and oxygen atoms in total. The van der Waals surface area contributed by atoms with Gasteiger partial charge in [0.2, 0.25) is 5.91 Å². The quantitative estimate of drug-likeness (QED) is 0.790. The molecule has 92 valence electrons. The molecule has 1 aromatic heterocycles. The van der Waals surface area contributed by atoms with Crippen molar-refractivity contribution in [2.75, 3.05) is 11.9 Å². The Kier molecular flexibility index (Phi) is 2.90. The van der Waals surface area contributed by atoms with Gasteiger partial charge in [-0.25, -0.2) is 4.79 Å². The Morgan fingerprint density at radius 2 is 2.28 bits per heavy atom. The Balaban J connectivity index is 2.47. The molecule has 0 saturated carbocycles. The van der Waals surface area contributed by atoms with Crippen molar-refractivity contribution in [3.05, 3.63) is 28.7 Å². The summed E-state index contributed by atoms with van der Waals surface area (Å²) in [7, 11) is 3.17. The molecule has 2 aromatic rings. The molecule has 0 aliphatic rings. The first-order valence-electron chi connectivity index (χ1n) is 5.27. The molecule has 0 aliphatic heterocycles. The first-order valence-corrected chi connectivity index (χ1v) is 5.27. The molecule has 1 amide bonds. The molecule has 0 N–H and O–H groups in total. The Bertz CT molecular complexity index is 705. The number of nitriles is 1. The lowest BCUT2D eigenvalue weighted by atomic mass is 10.2. The number of nitrogens with zero attached hydrogens (tertiary/aromatic N) is 3. The second-order valence-corrected chi connectivity index (χ2v) is 3.87. The minimum atomic E-state index is -0.451. The van der Waals surface area contributed by atoms with Crippen molar-refractivity contribution in [2.45, 2.75) is 6.42 Å². The fourth-order valence-corrected chi connectivity index (χ4v) is 1.65. The molecule has 0 atom stereocenters. The van der Waals surface area contributed by atoms with Crippen molar-refractivity contribution >= 4 is 22.7 Å². The molecule has 6 heteroatoms. The number of aryl methyl sites for hydroxylation is 1. The Morgan fingerprint density at radius 3 is 2.94 bits per heavy atom. The van der Waals surface area contributed by atoms with Crippen LogP contribution in [0.5, 0.6) is 0 Å². The molecular formula is C12H11N3O3. The van der Waals surface area contributed by atoms with Crippen LogP contribution >= 0.6 is 0 Å². The third-order valence-corrected chi connectivity index (χ3v) is 2.77. The normalized spacial score (nSPS) is 10.3. The molecule has 1 aromatic carbocycles. The van der Waals surface area contributed by atoms with Crippen LogP contribution in [0.25, 0.3) is 11.1 Å². The van der Waals surface area contributed by atoms with E-state index in [9.17, 15) is 9.59 Å². The van der Waals surface area contributed by atoms with Gasteiger partial charge in [0.1, 0.15) is 6.42 Å². The van der Waals surface area contributed by atoms with Gasteiger partial charge in [-0.1, -0.05) is 0 Å². The van der Waals surface area contributed by atoms with Crippen molar-refractivity contribution < 1.29 is 9.21 Å². The number of carbonyl (C=O) groups excluding carboxylic acids is 1. The highest BCUT2D eigenvalue weighted by Crippen LogP contribution is 2.20. The lowest BCUT2D eigenvalue weighted by Crippen LogP contribution is -2.25. The number of benzene rings is 1. The van der Waals surface area contributed by atoms with Crippen molar-refractivity contribution in [3.8, 4) is 6.07 Å². The summed E-state index contributed by atoms with van der Waals surface area (Å²) in [6.45, 7) is 0. The van der Waals surface area contributed by atoms with E-state index in [0.29, 0.717) is 16.8 Å². The summed E-state index contributed by atoms with van der Waals surface area (Å²) in [5, 5.41) is 8.49. The second kappa shape index (κ2) is 4.37. The number of carbonyl (C=O) groups is 1. The molecule has 2 rings (SSSR count). The van der Waals surface area contributed by atoms with Gasteiger partial charge in [0.25, 0.3) is 0 Å². The van der Waals surface area contributed by atoms with Crippen LogP contribution in [-0.4, -0.2) is 17.5 Å². The van der Waals surface area contributed by atoms with E-state index in [0.717, 1.165) is 0 Å². The zero-order valence-corrected chi connectivity index (χ0v) is 10.0. The number of hydrogen-bond acceptors (Lipinski definition) is 4. The third-order valence-electron chi connectivity index (χ3n) is 2.77. The smallest absolute Gasteiger partial charge is 0.408 e. The monoisotopic (exact) mass is 245 g/mol. The lowest BCUT2D eigenvalue weighted by molar-refractivity contribution is -0.117. The van der Waals surface area contributed by atoms with Gasteiger partial charge in [-0.3, -0.25) is 9.36 Å². The van der Waals surface area contributed by atoms with Crippen molar-refractivity contribution in [1.29, 1.82) is 5.26 Å². The minimum Gasteiger partial charge on any atom is -0.408 e. The number of anilines is 1. The number of hydrogen-bond donors (Lipinski definition) is 0. The van der Waals surface area contributed by atoms with Crippen LogP contribution in [0.2, 0.25) is 0 Å². The number of oxazole rings is 1. The van der Waals surface area contributed by atoms with E-state index in [1.54, 1.807) is 38.4 Å². The molecule has 0 bridgehead atoms. The van der Waals surface area contributed by atoms with Gasteiger partial charge in [-0.2, -0.15) is 5.26 Å². The largest absolute Gasteiger partial charge is 0.419 e. The molecule has 1 heterocycles. The van der Waals surface area contributed by atoms with Crippen LogP contribution in [0, 0.1) is 11.3 Å². The van der Waals surface area contributed by atoms with Gasteiger partial charge >= 0.3 is 5.76 Å². The first kappa shape index (κ1) is 11.9. The fourth-order valence-electron chi connectivity index (χ4n) is 1.65. The summed E-state index contributed by atoms with van der Waals surface area (Å²) in [5.41, 5.74) is 1.68. The van der Waals surface area contributed by atoms with E-state index in [4.69, 9.17) is 9.68 Å². The van der Waals surface area contributed by atoms with E-state index in [2.05, 4.69) is 0 Å². The van der Waals surface area contributed by atoms with E-state index in [1.165, 1.54) is 9.47 Å². The number of fused-ring (bicyclic) bond motifs is 1. The molecule has 0 aliphatic carbocycles. The summed E-state index contributed by atoms with van der Waals surface area (Å²) < 4.78 is 6.36. The second-order valence-electron chi connectivity index (χ2n) is 3.87. The summed E-state index contributed by atoms with van der Waals surface area (Å²) in [6.07, 6.45) is -0.182. The Labute approximate surface area is 103 Å². The van der Waals surface area contributed by atoms with Gasteiger partial charge < -0.3 is 9.32 Å². The molecule has 0 saturated heterocycles. The summed E-state index contributed by atoms with van der Waals surface area (Å²) in [6, 6.07) is 6.78. The third kappa shape index (κ3) is 1.86. The summed E-state index contributed by atoms with van der Waals surface area (Å²) in [5.74, 6) is -0.751. The molecular weight excluding hydrogens is 234 g/mol. The zero-order chi connectivity index (χ0) is 13.3. The lowest BCUT2D eigenvalue weighted by Gasteiger charge is -2.15. The van der Waals surface area contributed by atoms with Crippen LogP contribution in [0.15, 0.2) is 27.4 Å². The predicted molar refractivity (Wildman–Crippen MR) is 65.1 cm³/mol. The Hall–Kier alpha value is -2.55. The molecule has 0 spiro atoms. The van der Waals surface area contributed by atoms with Crippen LogP contribution in [0.4, 0.5) is 5.69 Å². The predicted octanol–water partition coefficient (Wildman–Crippen LogP) is 1.01. The highest BCUT2D eigenvalue weighted by molar-refractivity contribution is 5.95. The maximum absolute atomic E-state index is 11.6. The van der Waals surface area contributed by atoms with Crippen molar-refractivity contribution in [3.63, 3.8) is 0 Å². The van der Waals surface area contributed by atoms with Gasteiger partial charge in [0.15, 0.2) is 5.58 Å². The van der Waals surface area contributed by atoms with Crippen LogP contribution < -0.4 is 10.7 Å². The number of aromatic nitrogens is 1. The highest BCUT2D eigenvalue weighted by atomic mass is 16.4. The highest BCUT2D eigenvalue weighted by Gasteiger charge is 2.13. The standard InChI is InChI=1S/C12H11N3O3/c1-14(11(16)5-6-13)8-3-4-10-9(7-8)15(2)12(17)18-10/h3-4,7H,5H2,1-2H3. The van der Waals surface area contributed by atoms with E-state index < -0.39 is 5.76 Å². The average molecular weight is 245 g/mol. The summed E-state index contributed by atoms with van der Waals surface area (Å²) in [4.78, 5) is 24.3. The van der Waals surface area contributed by atoms with E-state index >= 15 is 0 Å². The van der Waals surface area contributed by atoms with Crippen LogP contribution in [-0.2, 0) is 11.8 Å². The Morgan fingerprint density at radius 1 is 1.56 bits per heavy atom. The van der Waals surface area contributed by atoms with E-state index in [-0.39, 0.29) is 12.3 Å². The maximum Gasteiger partial charge on any atom is 0.419 e. The van der Waals surface area contributed by atoms with E-state index in [1.807, 2.05) is 0 Å². The number of rotatable bonds is 2.